The van der Waals surface area contributed by atoms with Crippen molar-refractivity contribution in [1.29, 1.82) is 0 Å². The van der Waals surface area contributed by atoms with Crippen molar-refractivity contribution in [1.82, 2.24) is 14.9 Å². The number of hydrogen-bond acceptors (Lipinski definition) is 3. The van der Waals surface area contributed by atoms with Gasteiger partial charge in [-0.3, -0.25) is 0 Å². The van der Waals surface area contributed by atoms with Crippen LogP contribution < -0.4 is 5.32 Å². The standard InChI is InChI=1S/C17H21N3S/c1-3-18-14(8-9-17-19-10-11-20(17)2)16-12-13-6-4-5-7-15(13)21-16/h4-7,10-12,14,18H,3,8-9H2,1-2H3. The predicted molar refractivity (Wildman–Crippen MR) is 89.8 cm³/mol. The molecule has 0 bridgehead atoms. The lowest BCUT2D eigenvalue weighted by atomic mass is 10.1. The van der Waals surface area contributed by atoms with Gasteiger partial charge < -0.3 is 9.88 Å². The maximum absolute atomic E-state index is 4.42. The molecule has 2 heterocycles. The van der Waals surface area contributed by atoms with Crippen LogP contribution in [-0.2, 0) is 13.5 Å². The Bertz CT molecular complexity index is 680. The lowest BCUT2D eigenvalue weighted by Gasteiger charge is -2.16. The monoisotopic (exact) mass is 299 g/mol. The topological polar surface area (TPSA) is 29.9 Å². The average molecular weight is 299 g/mol. The average Bonchev–Trinajstić information content (AvgIpc) is 3.09. The first kappa shape index (κ1) is 14.3. The minimum Gasteiger partial charge on any atom is -0.338 e. The molecule has 0 radical (unpaired) electrons. The van der Waals surface area contributed by atoms with Gasteiger partial charge in [0, 0.05) is 41.5 Å². The van der Waals surface area contributed by atoms with Gasteiger partial charge >= 0.3 is 0 Å². The first-order valence-electron chi connectivity index (χ1n) is 7.46. The zero-order valence-electron chi connectivity index (χ0n) is 12.5. The number of hydrogen-bond donors (Lipinski definition) is 1. The molecule has 0 saturated heterocycles. The fourth-order valence-electron chi connectivity index (χ4n) is 2.68. The first-order valence-corrected chi connectivity index (χ1v) is 8.27. The van der Waals surface area contributed by atoms with Gasteiger partial charge in [-0.2, -0.15) is 0 Å². The Morgan fingerprint density at radius 2 is 2.19 bits per heavy atom. The normalized spacial score (nSPS) is 12.9. The molecule has 3 rings (SSSR count). The molecule has 21 heavy (non-hydrogen) atoms. The molecule has 0 saturated carbocycles. The minimum absolute atomic E-state index is 0.407. The first-order chi connectivity index (χ1) is 10.3. The second kappa shape index (κ2) is 6.41. The second-order valence-electron chi connectivity index (χ2n) is 5.29. The lowest BCUT2D eigenvalue weighted by Crippen LogP contribution is -2.21. The number of rotatable bonds is 6. The molecule has 0 amide bonds. The molecule has 3 aromatic rings. The Morgan fingerprint density at radius 1 is 1.33 bits per heavy atom. The van der Waals surface area contributed by atoms with E-state index in [9.17, 15) is 0 Å². The highest BCUT2D eigenvalue weighted by Gasteiger charge is 2.14. The van der Waals surface area contributed by atoms with Crippen LogP contribution in [0.25, 0.3) is 10.1 Å². The Labute approximate surface area is 129 Å². The van der Waals surface area contributed by atoms with Crippen molar-refractivity contribution in [3.05, 3.63) is 53.4 Å². The van der Waals surface area contributed by atoms with E-state index in [1.54, 1.807) is 0 Å². The number of aromatic nitrogens is 2. The number of benzene rings is 1. The third kappa shape index (κ3) is 3.17. The van der Waals surface area contributed by atoms with E-state index in [2.05, 4.69) is 59.2 Å². The molecule has 1 N–H and O–H groups in total. The summed E-state index contributed by atoms with van der Waals surface area (Å²) in [6.45, 7) is 3.15. The molecule has 4 heteroatoms. The van der Waals surface area contributed by atoms with E-state index < -0.39 is 0 Å². The van der Waals surface area contributed by atoms with Gasteiger partial charge in [-0.1, -0.05) is 25.1 Å². The molecule has 2 aromatic heterocycles. The highest BCUT2D eigenvalue weighted by molar-refractivity contribution is 7.19. The van der Waals surface area contributed by atoms with Crippen molar-refractivity contribution in [3.8, 4) is 0 Å². The Hall–Kier alpha value is -1.65. The molecular weight excluding hydrogens is 278 g/mol. The van der Waals surface area contributed by atoms with E-state index in [-0.39, 0.29) is 0 Å². The third-order valence-electron chi connectivity index (χ3n) is 3.82. The minimum atomic E-state index is 0.407. The van der Waals surface area contributed by atoms with E-state index in [0.717, 1.165) is 25.2 Å². The van der Waals surface area contributed by atoms with Crippen LogP contribution in [0, 0.1) is 0 Å². The SMILES string of the molecule is CCNC(CCc1nccn1C)c1cc2ccccc2s1. The van der Waals surface area contributed by atoms with Crippen molar-refractivity contribution < 1.29 is 0 Å². The van der Waals surface area contributed by atoms with Gasteiger partial charge in [-0.15, -0.1) is 11.3 Å². The molecule has 1 unspecified atom stereocenters. The maximum atomic E-state index is 4.42. The Balaban J connectivity index is 1.78. The van der Waals surface area contributed by atoms with E-state index in [0.29, 0.717) is 6.04 Å². The number of fused-ring (bicyclic) bond motifs is 1. The number of thiophene rings is 1. The quantitative estimate of drug-likeness (QED) is 0.747. The molecule has 1 aromatic carbocycles. The fraction of sp³-hybridized carbons (Fsp3) is 0.353. The predicted octanol–water partition coefficient (Wildman–Crippen LogP) is 3.92. The molecule has 0 fully saturated rings. The van der Waals surface area contributed by atoms with Gasteiger partial charge in [0.05, 0.1) is 0 Å². The molecule has 110 valence electrons. The zero-order valence-corrected chi connectivity index (χ0v) is 13.4. The smallest absolute Gasteiger partial charge is 0.108 e. The van der Waals surface area contributed by atoms with Gasteiger partial charge in [0.2, 0.25) is 0 Å². The van der Waals surface area contributed by atoms with Crippen molar-refractivity contribution >= 4 is 21.4 Å². The number of aryl methyl sites for hydroxylation is 2. The molecule has 0 aliphatic carbocycles. The molecular formula is C17H21N3S. The molecule has 0 aliphatic rings. The Kier molecular flexibility index (Phi) is 4.36. The van der Waals surface area contributed by atoms with Crippen LogP contribution in [0.4, 0.5) is 0 Å². The molecule has 1 atom stereocenters. The van der Waals surface area contributed by atoms with Crippen molar-refractivity contribution in [2.45, 2.75) is 25.8 Å². The Morgan fingerprint density at radius 3 is 2.90 bits per heavy atom. The lowest BCUT2D eigenvalue weighted by molar-refractivity contribution is 0.513. The van der Waals surface area contributed by atoms with E-state index in [1.807, 2.05) is 23.7 Å². The summed E-state index contributed by atoms with van der Waals surface area (Å²) < 4.78 is 3.47. The number of nitrogens with zero attached hydrogens (tertiary/aromatic N) is 2. The summed E-state index contributed by atoms with van der Waals surface area (Å²) in [7, 11) is 2.06. The summed E-state index contributed by atoms with van der Waals surface area (Å²) in [5.74, 6) is 1.15. The van der Waals surface area contributed by atoms with E-state index in [4.69, 9.17) is 0 Å². The highest BCUT2D eigenvalue weighted by Crippen LogP contribution is 2.31. The molecule has 0 aliphatic heterocycles. The summed E-state index contributed by atoms with van der Waals surface area (Å²) in [4.78, 5) is 5.85. The van der Waals surface area contributed by atoms with Crippen LogP contribution in [0.2, 0.25) is 0 Å². The summed E-state index contributed by atoms with van der Waals surface area (Å²) >= 11 is 1.90. The third-order valence-corrected chi connectivity index (χ3v) is 5.05. The number of nitrogens with one attached hydrogen (secondary N) is 1. The van der Waals surface area contributed by atoms with Crippen molar-refractivity contribution in [2.24, 2.45) is 7.05 Å². The fourth-order valence-corrected chi connectivity index (χ4v) is 3.85. The molecule has 3 nitrogen and oxygen atoms in total. The van der Waals surface area contributed by atoms with Gasteiger partial charge in [0.1, 0.15) is 5.82 Å². The van der Waals surface area contributed by atoms with Crippen LogP contribution in [0.3, 0.4) is 0 Å². The van der Waals surface area contributed by atoms with E-state index in [1.165, 1.54) is 15.0 Å². The summed E-state index contributed by atoms with van der Waals surface area (Å²) in [5.41, 5.74) is 0. The summed E-state index contributed by atoms with van der Waals surface area (Å²) in [6.07, 6.45) is 5.95. The van der Waals surface area contributed by atoms with Gasteiger partial charge in [0.25, 0.3) is 0 Å². The number of imidazole rings is 1. The van der Waals surface area contributed by atoms with Crippen LogP contribution in [0.15, 0.2) is 42.7 Å². The van der Waals surface area contributed by atoms with Crippen molar-refractivity contribution in [2.75, 3.05) is 6.54 Å². The second-order valence-corrected chi connectivity index (χ2v) is 6.41. The van der Waals surface area contributed by atoms with Crippen LogP contribution in [0.1, 0.15) is 30.1 Å². The molecule has 0 spiro atoms. The largest absolute Gasteiger partial charge is 0.338 e. The van der Waals surface area contributed by atoms with Gasteiger partial charge in [-0.05, 0) is 30.5 Å². The van der Waals surface area contributed by atoms with Gasteiger partial charge in [0.15, 0.2) is 0 Å². The summed E-state index contributed by atoms with van der Waals surface area (Å²) in [5, 5.41) is 4.96. The van der Waals surface area contributed by atoms with Crippen molar-refractivity contribution in [3.63, 3.8) is 0 Å². The highest BCUT2D eigenvalue weighted by atomic mass is 32.1. The van der Waals surface area contributed by atoms with Crippen LogP contribution in [-0.4, -0.2) is 16.1 Å². The van der Waals surface area contributed by atoms with Crippen LogP contribution >= 0.6 is 11.3 Å². The van der Waals surface area contributed by atoms with E-state index >= 15 is 0 Å². The maximum Gasteiger partial charge on any atom is 0.108 e. The van der Waals surface area contributed by atoms with Crippen LogP contribution in [0.5, 0.6) is 0 Å². The zero-order chi connectivity index (χ0) is 14.7. The van der Waals surface area contributed by atoms with Gasteiger partial charge in [-0.25, -0.2) is 4.98 Å². The summed E-state index contributed by atoms with van der Waals surface area (Å²) in [6, 6.07) is 11.3.